The Morgan fingerprint density at radius 1 is 1.00 bits per heavy atom. The highest BCUT2D eigenvalue weighted by Crippen LogP contribution is 2.33. The van der Waals surface area contributed by atoms with Crippen LogP contribution in [-0.2, 0) is 0 Å². The van der Waals surface area contributed by atoms with Crippen molar-refractivity contribution < 1.29 is 18.3 Å². The van der Waals surface area contributed by atoms with Gasteiger partial charge in [-0.2, -0.15) is 0 Å². The molecule has 0 spiro atoms. The predicted molar refractivity (Wildman–Crippen MR) is 73.6 cm³/mol. The quantitative estimate of drug-likeness (QED) is 0.844. The highest BCUT2D eigenvalue weighted by Gasteiger charge is 2.10. The highest BCUT2D eigenvalue weighted by molar-refractivity contribution is 5.74. The largest absolute Gasteiger partial charge is 0.493 e. The molecule has 0 atom stereocenters. The van der Waals surface area contributed by atoms with Gasteiger partial charge in [-0.15, -0.1) is 0 Å². The Bertz CT molecular complexity index is 633. The summed E-state index contributed by atoms with van der Waals surface area (Å²) in [6, 6.07) is 6.85. The van der Waals surface area contributed by atoms with E-state index in [1.54, 1.807) is 18.2 Å². The molecular formula is C14H14F2N2O2. The number of hydrogen-bond acceptors (Lipinski definition) is 4. The first-order valence-corrected chi connectivity index (χ1v) is 5.78. The van der Waals surface area contributed by atoms with Crippen molar-refractivity contribution in [3.8, 4) is 11.5 Å². The van der Waals surface area contributed by atoms with E-state index in [1.165, 1.54) is 14.2 Å². The van der Waals surface area contributed by atoms with Crippen LogP contribution in [0.15, 0.2) is 30.3 Å². The molecule has 2 aromatic carbocycles. The van der Waals surface area contributed by atoms with E-state index < -0.39 is 11.6 Å². The summed E-state index contributed by atoms with van der Waals surface area (Å²) in [5.41, 5.74) is 6.13. The highest BCUT2D eigenvalue weighted by atomic mass is 19.1. The van der Waals surface area contributed by atoms with Gasteiger partial charge in [0.25, 0.3) is 0 Å². The van der Waals surface area contributed by atoms with Gasteiger partial charge in [-0.25, -0.2) is 8.78 Å². The number of hydrogen-bond donors (Lipinski definition) is 2. The lowest BCUT2D eigenvalue weighted by molar-refractivity contribution is 0.355. The minimum absolute atomic E-state index is 0.148. The molecule has 2 aromatic rings. The molecule has 0 saturated heterocycles. The van der Waals surface area contributed by atoms with Crippen molar-refractivity contribution in [3.05, 3.63) is 42.0 Å². The minimum Gasteiger partial charge on any atom is -0.493 e. The molecule has 0 aliphatic rings. The summed E-state index contributed by atoms with van der Waals surface area (Å²) >= 11 is 0. The van der Waals surface area contributed by atoms with Gasteiger partial charge in [-0.3, -0.25) is 0 Å². The maximum atomic E-state index is 13.4. The summed E-state index contributed by atoms with van der Waals surface area (Å²) in [5.74, 6) is -0.475. The Morgan fingerprint density at radius 3 is 2.35 bits per heavy atom. The molecule has 4 nitrogen and oxygen atoms in total. The molecule has 0 aliphatic carbocycles. The van der Waals surface area contributed by atoms with Crippen LogP contribution in [0.1, 0.15) is 0 Å². The number of ether oxygens (including phenoxy) is 2. The lowest BCUT2D eigenvalue weighted by Gasteiger charge is -2.13. The molecule has 0 bridgehead atoms. The topological polar surface area (TPSA) is 56.5 Å². The van der Waals surface area contributed by atoms with E-state index in [-0.39, 0.29) is 11.4 Å². The number of methoxy groups -OCH3 is 2. The van der Waals surface area contributed by atoms with Crippen LogP contribution in [0.4, 0.5) is 25.8 Å². The second-order valence-corrected chi connectivity index (χ2v) is 4.04. The molecule has 0 saturated carbocycles. The monoisotopic (exact) mass is 280 g/mol. The fourth-order valence-electron chi connectivity index (χ4n) is 1.76. The van der Waals surface area contributed by atoms with Crippen molar-refractivity contribution in [1.29, 1.82) is 0 Å². The Kier molecular flexibility index (Phi) is 3.93. The van der Waals surface area contributed by atoms with Crippen LogP contribution in [0.2, 0.25) is 0 Å². The van der Waals surface area contributed by atoms with Gasteiger partial charge in [0, 0.05) is 17.8 Å². The Hall–Kier alpha value is -2.50. The molecule has 106 valence electrons. The summed E-state index contributed by atoms with van der Waals surface area (Å²) < 4.78 is 36.8. The van der Waals surface area contributed by atoms with Crippen molar-refractivity contribution in [2.75, 3.05) is 25.3 Å². The smallest absolute Gasteiger partial charge is 0.162 e. The van der Waals surface area contributed by atoms with Gasteiger partial charge in [-0.05, 0) is 18.2 Å². The number of rotatable bonds is 4. The standard InChI is InChI=1S/C14H14F2N2O2/c1-19-12-4-3-9(7-13(12)20-2)18-11-6-8(15)5-10(16)14(11)17/h3-7,18H,17H2,1-2H3. The summed E-state index contributed by atoms with van der Waals surface area (Å²) in [7, 11) is 3.02. The summed E-state index contributed by atoms with van der Waals surface area (Å²) in [6.45, 7) is 0. The lowest BCUT2D eigenvalue weighted by Crippen LogP contribution is -2.01. The first-order chi connectivity index (χ1) is 9.55. The molecule has 0 radical (unpaired) electrons. The maximum absolute atomic E-state index is 13.4. The Balaban J connectivity index is 2.35. The van der Waals surface area contributed by atoms with Crippen LogP contribution in [-0.4, -0.2) is 14.2 Å². The van der Waals surface area contributed by atoms with Crippen LogP contribution in [0.3, 0.4) is 0 Å². The van der Waals surface area contributed by atoms with Crippen molar-refractivity contribution in [3.63, 3.8) is 0 Å². The average Bonchev–Trinajstić information content (AvgIpc) is 2.44. The third-order valence-electron chi connectivity index (χ3n) is 2.76. The number of nitrogen functional groups attached to an aromatic ring is 1. The lowest BCUT2D eigenvalue weighted by atomic mass is 10.2. The molecule has 2 rings (SSSR count). The Morgan fingerprint density at radius 2 is 1.70 bits per heavy atom. The molecule has 0 unspecified atom stereocenters. The third kappa shape index (κ3) is 2.74. The number of halogens is 2. The SMILES string of the molecule is COc1ccc(Nc2cc(F)cc(F)c2N)cc1OC. The van der Waals surface area contributed by atoms with Crippen LogP contribution in [0, 0.1) is 11.6 Å². The number of anilines is 3. The van der Waals surface area contributed by atoms with Crippen molar-refractivity contribution in [2.45, 2.75) is 0 Å². The second kappa shape index (κ2) is 5.64. The van der Waals surface area contributed by atoms with E-state index in [1.807, 2.05) is 0 Å². The number of benzene rings is 2. The molecular weight excluding hydrogens is 266 g/mol. The molecule has 0 fully saturated rings. The van der Waals surface area contributed by atoms with Crippen LogP contribution >= 0.6 is 0 Å². The molecule has 3 N–H and O–H groups in total. The van der Waals surface area contributed by atoms with E-state index in [4.69, 9.17) is 15.2 Å². The fourth-order valence-corrected chi connectivity index (χ4v) is 1.76. The zero-order valence-corrected chi connectivity index (χ0v) is 11.0. The first-order valence-electron chi connectivity index (χ1n) is 5.78. The van der Waals surface area contributed by atoms with Gasteiger partial charge < -0.3 is 20.5 Å². The normalized spacial score (nSPS) is 10.2. The van der Waals surface area contributed by atoms with Crippen LogP contribution in [0.25, 0.3) is 0 Å². The molecule has 0 heterocycles. The van der Waals surface area contributed by atoms with Crippen molar-refractivity contribution in [1.82, 2.24) is 0 Å². The van der Waals surface area contributed by atoms with Crippen molar-refractivity contribution >= 4 is 17.1 Å². The second-order valence-electron chi connectivity index (χ2n) is 4.04. The van der Waals surface area contributed by atoms with Gasteiger partial charge >= 0.3 is 0 Å². The summed E-state index contributed by atoms with van der Waals surface area (Å²) in [4.78, 5) is 0. The average molecular weight is 280 g/mol. The molecule has 0 amide bonds. The van der Waals surface area contributed by atoms with E-state index in [2.05, 4.69) is 5.32 Å². The van der Waals surface area contributed by atoms with E-state index >= 15 is 0 Å². The maximum Gasteiger partial charge on any atom is 0.162 e. The van der Waals surface area contributed by atoms with Crippen molar-refractivity contribution in [2.24, 2.45) is 0 Å². The van der Waals surface area contributed by atoms with Gasteiger partial charge in [0.05, 0.1) is 25.6 Å². The first kappa shape index (κ1) is 13.9. The Labute approximate surface area is 115 Å². The van der Waals surface area contributed by atoms with E-state index in [0.717, 1.165) is 12.1 Å². The number of nitrogens with two attached hydrogens (primary N) is 1. The zero-order valence-electron chi connectivity index (χ0n) is 11.0. The van der Waals surface area contributed by atoms with Gasteiger partial charge in [0.15, 0.2) is 17.3 Å². The predicted octanol–water partition coefficient (Wildman–Crippen LogP) is 3.31. The molecule has 6 heteroatoms. The van der Waals surface area contributed by atoms with Crippen LogP contribution in [0.5, 0.6) is 11.5 Å². The minimum atomic E-state index is -0.812. The van der Waals surface area contributed by atoms with Crippen LogP contribution < -0.4 is 20.5 Å². The number of nitrogens with one attached hydrogen (secondary N) is 1. The molecule has 20 heavy (non-hydrogen) atoms. The third-order valence-corrected chi connectivity index (χ3v) is 2.76. The zero-order chi connectivity index (χ0) is 14.7. The van der Waals surface area contributed by atoms with Gasteiger partial charge in [0.1, 0.15) is 5.82 Å². The summed E-state index contributed by atoms with van der Waals surface area (Å²) in [5, 5.41) is 2.84. The molecule has 0 aromatic heterocycles. The van der Waals surface area contributed by atoms with E-state index in [0.29, 0.717) is 17.2 Å². The molecule has 0 aliphatic heterocycles. The fraction of sp³-hybridized carbons (Fsp3) is 0.143. The van der Waals surface area contributed by atoms with Gasteiger partial charge in [0.2, 0.25) is 0 Å². The summed E-state index contributed by atoms with van der Waals surface area (Å²) in [6.07, 6.45) is 0. The van der Waals surface area contributed by atoms with Gasteiger partial charge in [-0.1, -0.05) is 0 Å². The van der Waals surface area contributed by atoms with E-state index in [9.17, 15) is 8.78 Å².